The summed E-state index contributed by atoms with van der Waals surface area (Å²) in [4.78, 5) is 33.8. The van der Waals surface area contributed by atoms with Crippen LogP contribution in [0.25, 0.3) is 0 Å². The Labute approximate surface area is 109 Å². The number of aldehydes is 1. The number of carbonyl (C=O) groups is 3. The molecule has 0 heterocycles. The minimum atomic E-state index is -0.886. The second kappa shape index (κ2) is 5.48. The highest BCUT2D eigenvalue weighted by molar-refractivity contribution is 6.20. The number of Topliss-reactive ketones (excluding diaryl/α,β-unsaturated/α-hetero) is 1. The van der Waals surface area contributed by atoms with Gasteiger partial charge in [0.05, 0.1) is 19.1 Å². The van der Waals surface area contributed by atoms with Crippen molar-refractivity contribution in [1.29, 1.82) is 0 Å². The zero-order valence-corrected chi connectivity index (χ0v) is 10.3. The van der Waals surface area contributed by atoms with Crippen molar-refractivity contribution in [2.45, 2.75) is 12.5 Å². The van der Waals surface area contributed by atoms with Gasteiger partial charge in [-0.2, -0.15) is 0 Å². The molecule has 0 amide bonds. The first kappa shape index (κ1) is 13.0. The molecule has 0 spiro atoms. The molecule has 0 fully saturated rings. The van der Waals surface area contributed by atoms with Gasteiger partial charge in [-0.25, -0.2) is 0 Å². The first-order chi connectivity index (χ1) is 9.13. The van der Waals surface area contributed by atoms with Crippen LogP contribution in [-0.2, 0) is 14.4 Å². The number of hydrogen-bond donors (Lipinski definition) is 0. The van der Waals surface area contributed by atoms with Crippen LogP contribution in [0.1, 0.15) is 6.42 Å². The van der Waals surface area contributed by atoms with Crippen LogP contribution in [0.4, 0.5) is 0 Å². The monoisotopic (exact) mass is 260 g/mol. The molecular formula is C14H12O5. The predicted molar refractivity (Wildman–Crippen MR) is 66.2 cm³/mol. The van der Waals surface area contributed by atoms with Crippen LogP contribution in [0.3, 0.4) is 0 Å². The largest absolute Gasteiger partial charge is 0.497 e. The predicted octanol–water partition coefficient (Wildman–Crippen LogP) is 1.11. The van der Waals surface area contributed by atoms with Gasteiger partial charge >= 0.3 is 0 Å². The van der Waals surface area contributed by atoms with Crippen LogP contribution < -0.4 is 9.47 Å². The van der Waals surface area contributed by atoms with Crippen molar-refractivity contribution in [2.75, 3.05) is 7.11 Å². The molecule has 0 saturated heterocycles. The molecular weight excluding hydrogens is 248 g/mol. The maximum Gasteiger partial charge on any atom is 0.197 e. The van der Waals surface area contributed by atoms with Crippen LogP contribution in [0.15, 0.2) is 35.9 Å². The Kier molecular flexibility index (Phi) is 3.75. The summed E-state index contributed by atoms with van der Waals surface area (Å²) in [6.07, 6.45) is 0.412. The molecule has 1 aromatic rings. The van der Waals surface area contributed by atoms with Crippen molar-refractivity contribution < 1.29 is 23.9 Å². The molecule has 0 bridgehead atoms. The summed E-state index contributed by atoms with van der Waals surface area (Å²) in [7, 11) is 1.52. The molecule has 1 aliphatic rings. The van der Waals surface area contributed by atoms with Gasteiger partial charge in [0.25, 0.3) is 0 Å². The van der Waals surface area contributed by atoms with E-state index in [0.29, 0.717) is 17.8 Å². The fourth-order valence-corrected chi connectivity index (χ4v) is 1.75. The van der Waals surface area contributed by atoms with E-state index >= 15 is 0 Å². The van der Waals surface area contributed by atoms with Gasteiger partial charge in [0, 0.05) is 6.07 Å². The summed E-state index contributed by atoms with van der Waals surface area (Å²) < 4.78 is 10.5. The normalized spacial score (nSPS) is 18.8. The number of rotatable bonds is 4. The molecule has 1 unspecified atom stereocenters. The summed E-state index contributed by atoms with van der Waals surface area (Å²) >= 11 is 0. The van der Waals surface area contributed by atoms with E-state index in [-0.39, 0.29) is 23.6 Å². The van der Waals surface area contributed by atoms with Gasteiger partial charge in [0.1, 0.15) is 11.5 Å². The Morgan fingerprint density at radius 3 is 2.68 bits per heavy atom. The van der Waals surface area contributed by atoms with Crippen LogP contribution in [0.2, 0.25) is 0 Å². The second-order valence-corrected chi connectivity index (χ2v) is 4.03. The van der Waals surface area contributed by atoms with E-state index in [4.69, 9.17) is 9.47 Å². The number of methoxy groups -OCH3 is 1. The molecule has 0 radical (unpaired) electrons. The van der Waals surface area contributed by atoms with E-state index in [1.54, 1.807) is 24.3 Å². The van der Waals surface area contributed by atoms with Gasteiger partial charge in [-0.3, -0.25) is 14.4 Å². The Bertz CT molecular complexity index is 559. The van der Waals surface area contributed by atoms with Crippen molar-refractivity contribution in [2.24, 2.45) is 0 Å². The molecule has 1 atom stereocenters. The van der Waals surface area contributed by atoms with Crippen LogP contribution >= 0.6 is 0 Å². The Morgan fingerprint density at radius 1 is 1.26 bits per heavy atom. The lowest BCUT2D eigenvalue weighted by Gasteiger charge is -2.19. The third kappa shape index (κ3) is 2.88. The number of hydrogen-bond acceptors (Lipinski definition) is 5. The third-order valence-corrected chi connectivity index (χ3v) is 2.75. The van der Waals surface area contributed by atoms with E-state index in [0.717, 1.165) is 6.08 Å². The Balaban J connectivity index is 2.16. The SMILES string of the molecule is COc1cccc(OC2CC(=O)C(C=O)=CC2=O)c1. The highest BCUT2D eigenvalue weighted by Crippen LogP contribution is 2.22. The molecule has 98 valence electrons. The van der Waals surface area contributed by atoms with E-state index in [2.05, 4.69) is 0 Å². The van der Waals surface area contributed by atoms with E-state index in [1.807, 2.05) is 0 Å². The molecule has 0 aliphatic heterocycles. The third-order valence-electron chi connectivity index (χ3n) is 2.75. The summed E-state index contributed by atoms with van der Waals surface area (Å²) in [5.74, 6) is 0.261. The molecule has 0 saturated carbocycles. The highest BCUT2D eigenvalue weighted by Gasteiger charge is 2.29. The van der Waals surface area contributed by atoms with Gasteiger partial charge in [-0.15, -0.1) is 0 Å². The van der Waals surface area contributed by atoms with Gasteiger partial charge in [-0.1, -0.05) is 6.07 Å². The van der Waals surface area contributed by atoms with E-state index < -0.39 is 6.10 Å². The summed E-state index contributed by atoms with van der Waals surface area (Å²) in [6, 6.07) is 6.75. The molecule has 5 nitrogen and oxygen atoms in total. The van der Waals surface area contributed by atoms with Crippen LogP contribution in [0, 0.1) is 0 Å². The van der Waals surface area contributed by atoms with Crippen molar-refractivity contribution in [1.82, 2.24) is 0 Å². The van der Waals surface area contributed by atoms with Crippen LogP contribution in [0.5, 0.6) is 11.5 Å². The molecule has 2 rings (SSSR count). The van der Waals surface area contributed by atoms with Gasteiger partial charge in [-0.05, 0) is 18.2 Å². The minimum Gasteiger partial charge on any atom is -0.497 e. The summed E-state index contributed by atoms with van der Waals surface area (Å²) in [5.41, 5.74) is -0.101. The Hall–Kier alpha value is -2.43. The zero-order chi connectivity index (χ0) is 13.8. The molecule has 0 N–H and O–H groups in total. The topological polar surface area (TPSA) is 69.7 Å². The second-order valence-electron chi connectivity index (χ2n) is 4.03. The molecule has 0 aromatic heterocycles. The summed E-state index contributed by atoms with van der Waals surface area (Å²) in [6.45, 7) is 0. The molecule has 19 heavy (non-hydrogen) atoms. The standard InChI is InChI=1S/C14H12O5/c1-18-10-3-2-4-11(6-10)19-14-7-12(16)9(8-15)5-13(14)17/h2-6,8,14H,7H2,1H3. The first-order valence-electron chi connectivity index (χ1n) is 5.68. The molecule has 1 aliphatic carbocycles. The van der Waals surface area contributed by atoms with Crippen molar-refractivity contribution >= 4 is 17.9 Å². The van der Waals surface area contributed by atoms with Crippen molar-refractivity contribution in [3.8, 4) is 11.5 Å². The highest BCUT2D eigenvalue weighted by atomic mass is 16.5. The molecule has 1 aromatic carbocycles. The van der Waals surface area contributed by atoms with E-state index in [1.165, 1.54) is 7.11 Å². The van der Waals surface area contributed by atoms with E-state index in [9.17, 15) is 14.4 Å². The first-order valence-corrected chi connectivity index (χ1v) is 5.68. The van der Waals surface area contributed by atoms with Gasteiger partial charge in [0.15, 0.2) is 24.0 Å². The van der Waals surface area contributed by atoms with Gasteiger partial charge in [0.2, 0.25) is 0 Å². The fourth-order valence-electron chi connectivity index (χ4n) is 1.75. The summed E-state index contributed by atoms with van der Waals surface area (Å²) in [5, 5.41) is 0. The van der Waals surface area contributed by atoms with Crippen molar-refractivity contribution in [3.63, 3.8) is 0 Å². The number of ether oxygens (including phenoxy) is 2. The zero-order valence-electron chi connectivity index (χ0n) is 10.3. The number of ketones is 2. The Morgan fingerprint density at radius 2 is 2.00 bits per heavy atom. The fraction of sp³-hybridized carbons (Fsp3) is 0.214. The minimum absolute atomic E-state index is 0.101. The lowest BCUT2D eigenvalue weighted by Crippen LogP contribution is -2.34. The van der Waals surface area contributed by atoms with Gasteiger partial charge < -0.3 is 9.47 Å². The lowest BCUT2D eigenvalue weighted by atomic mass is 9.95. The molecule has 5 heteroatoms. The smallest absolute Gasteiger partial charge is 0.197 e. The number of allylic oxidation sites excluding steroid dienone is 1. The maximum atomic E-state index is 11.7. The quantitative estimate of drug-likeness (QED) is 0.599. The van der Waals surface area contributed by atoms with Crippen LogP contribution in [-0.4, -0.2) is 31.1 Å². The number of benzene rings is 1. The lowest BCUT2D eigenvalue weighted by molar-refractivity contribution is -0.128. The average molecular weight is 260 g/mol. The van der Waals surface area contributed by atoms with Crippen molar-refractivity contribution in [3.05, 3.63) is 35.9 Å². The number of carbonyl (C=O) groups excluding carboxylic acids is 3. The maximum absolute atomic E-state index is 11.7. The average Bonchev–Trinajstić information content (AvgIpc) is 2.42.